The first-order valence-corrected chi connectivity index (χ1v) is 6.62. The van der Waals surface area contributed by atoms with Gasteiger partial charge < -0.3 is 15.2 Å². The molecule has 19 heavy (non-hydrogen) atoms. The van der Waals surface area contributed by atoms with E-state index in [1.165, 1.54) is 13.3 Å². The van der Waals surface area contributed by atoms with E-state index in [1.54, 1.807) is 0 Å². The van der Waals surface area contributed by atoms with Crippen LogP contribution in [0.15, 0.2) is 6.20 Å². The van der Waals surface area contributed by atoms with E-state index in [0.29, 0.717) is 42.3 Å². The van der Waals surface area contributed by atoms with Crippen molar-refractivity contribution in [2.75, 3.05) is 20.3 Å². The van der Waals surface area contributed by atoms with Gasteiger partial charge in [-0.15, -0.1) is 11.3 Å². The molecule has 0 amide bonds. The topological polar surface area (TPSA) is 57.4 Å². The Kier molecular flexibility index (Phi) is 4.14. The van der Waals surface area contributed by atoms with Crippen molar-refractivity contribution in [2.24, 2.45) is 5.73 Å². The van der Waals surface area contributed by atoms with Gasteiger partial charge in [-0.05, 0) is 0 Å². The number of hydrogen-bond acceptors (Lipinski definition) is 5. The Hall–Kier alpha value is -0.700. The van der Waals surface area contributed by atoms with Gasteiger partial charge in [0.1, 0.15) is 0 Å². The van der Waals surface area contributed by atoms with E-state index in [4.69, 9.17) is 15.2 Å². The predicted molar refractivity (Wildman–Crippen MR) is 63.8 cm³/mol. The standard InChI is InChI=1S/C11H15F3N2O2S/c1-17-10(2-4-18-5-3-10)8(15)7-6-16-9(19-7)11(12,13)14/h6,8H,2-5,15H2,1H3. The minimum atomic E-state index is -4.43. The summed E-state index contributed by atoms with van der Waals surface area (Å²) in [7, 11) is 1.52. The third kappa shape index (κ3) is 2.91. The highest BCUT2D eigenvalue weighted by molar-refractivity contribution is 7.11. The monoisotopic (exact) mass is 296 g/mol. The highest BCUT2D eigenvalue weighted by Crippen LogP contribution is 2.40. The maximum atomic E-state index is 12.5. The van der Waals surface area contributed by atoms with Gasteiger partial charge in [-0.2, -0.15) is 13.2 Å². The number of methoxy groups -OCH3 is 1. The van der Waals surface area contributed by atoms with Gasteiger partial charge >= 0.3 is 6.18 Å². The molecule has 0 aromatic carbocycles. The van der Waals surface area contributed by atoms with Crippen LogP contribution in [-0.4, -0.2) is 30.9 Å². The molecule has 1 unspecified atom stereocenters. The number of aromatic nitrogens is 1. The molecule has 1 aromatic rings. The number of alkyl halides is 3. The van der Waals surface area contributed by atoms with Crippen molar-refractivity contribution in [3.63, 3.8) is 0 Å². The van der Waals surface area contributed by atoms with Gasteiger partial charge in [-0.1, -0.05) is 0 Å². The van der Waals surface area contributed by atoms with E-state index >= 15 is 0 Å². The zero-order valence-electron chi connectivity index (χ0n) is 10.4. The number of rotatable bonds is 3. The zero-order chi connectivity index (χ0) is 14.1. The second-order valence-electron chi connectivity index (χ2n) is 4.42. The molecule has 108 valence electrons. The van der Waals surface area contributed by atoms with E-state index < -0.39 is 22.8 Å². The van der Waals surface area contributed by atoms with Crippen molar-refractivity contribution in [3.05, 3.63) is 16.1 Å². The molecule has 2 heterocycles. The van der Waals surface area contributed by atoms with E-state index in [-0.39, 0.29) is 0 Å². The van der Waals surface area contributed by atoms with Crippen LogP contribution in [-0.2, 0) is 15.7 Å². The first-order valence-electron chi connectivity index (χ1n) is 5.80. The minimum absolute atomic E-state index is 0.385. The molecule has 2 N–H and O–H groups in total. The molecule has 8 heteroatoms. The van der Waals surface area contributed by atoms with Crippen molar-refractivity contribution < 1.29 is 22.6 Å². The van der Waals surface area contributed by atoms with Crippen LogP contribution >= 0.6 is 11.3 Å². The highest BCUT2D eigenvalue weighted by atomic mass is 32.1. The fourth-order valence-electron chi connectivity index (χ4n) is 2.18. The molecule has 1 aromatic heterocycles. The highest BCUT2D eigenvalue weighted by Gasteiger charge is 2.42. The van der Waals surface area contributed by atoms with Crippen molar-refractivity contribution in [2.45, 2.75) is 30.7 Å². The molecular formula is C11H15F3N2O2S. The van der Waals surface area contributed by atoms with Crippen LogP contribution in [0.2, 0.25) is 0 Å². The molecule has 1 saturated heterocycles. The number of hydrogen-bond donors (Lipinski definition) is 1. The fourth-order valence-corrected chi connectivity index (χ4v) is 3.07. The fraction of sp³-hybridized carbons (Fsp3) is 0.727. The van der Waals surface area contributed by atoms with Crippen molar-refractivity contribution >= 4 is 11.3 Å². The normalized spacial score (nSPS) is 21.3. The van der Waals surface area contributed by atoms with Gasteiger partial charge in [0.2, 0.25) is 0 Å². The van der Waals surface area contributed by atoms with Crippen LogP contribution in [0, 0.1) is 0 Å². The second kappa shape index (κ2) is 5.35. The third-order valence-electron chi connectivity index (χ3n) is 3.39. The van der Waals surface area contributed by atoms with Crippen molar-refractivity contribution in [3.8, 4) is 0 Å². The Labute approximate surface area is 112 Å². The molecule has 2 rings (SSSR count). The molecule has 1 aliphatic heterocycles. The lowest BCUT2D eigenvalue weighted by molar-refractivity contribution is -0.137. The summed E-state index contributed by atoms with van der Waals surface area (Å²) in [6.07, 6.45) is -2.12. The molecule has 1 atom stereocenters. The summed E-state index contributed by atoms with van der Waals surface area (Å²) in [5.41, 5.74) is 5.42. The Balaban J connectivity index is 2.22. The van der Waals surface area contributed by atoms with E-state index in [2.05, 4.69) is 4.98 Å². The molecule has 0 radical (unpaired) electrons. The van der Waals surface area contributed by atoms with Gasteiger partial charge in [-0.25, -0.2) is 4.98 Å². The maximum Gasteiger partial charge on any atom is 0.443 e. The third-order valence-corrected chi connectivity index (χ3v) is 4.51. The molecule has 0 saturated carbocycles. The van der Waals surface area contributed by atoms with Gasteiger partial charge in [0.25, 0.3) is 0 Å². The summed E-state index contributed by atoms with van der Waals surface area (Å²) in [6, 6.07) is -0.630. The zero-order valence-corrected chi connectivity index (χ0v) is 11.2. The second-order valence-corrected chi connectivity index (χ2v) is 5.49. The summed E-state index contributed by atoms with van der Waals surface area (Å²) in [6.45, 7) is 0.985. The van der Waals surface area contributed by atoms with Crippen LogP contribution in [0.5, 0.6) is 0 Å². The van der Waals surface area contributed by atoms with Crippen LogP contribution in [0.4, 0.5) is 13.2 Å². The van der Waals surface area contributed by atoms with Crippen LogP contribution in [0.1, 0.15) is 28.8 Å². The van der Waals surface area contributed by atoms with Gasteiger partial charge in [0.05, 0.1) is 11.6 Å². The summed E-state index contributed by atoms with van der Waals surface area (Å²) in [5, 5.41) is -0.878. The number of nitrogens with zero attached hydrogens (tertiary/aromatic N) is 1. The van der Waals surface area contributed by atoms with E-state index in [9.17, 15) is 13.2 Å². The van der Waals surface area contributed by atoms with Crippen LogP contribution < -0.4 is 5.73 Å². The average Bonchev–Trinajstić information content (AvgIpc) is 2.88. The lowest BCUT2D eigenvalue weighted by atomic mass is 9.86. The van der Waals surface area contributed by atoms with Crippen molar-refractivity contribution in [1.29, 1.82) is 0 Å². The van der Waals surface area contributed by atoms with Crippen molar-refractivity contribution in [1.82, 2.24) is 4.98 Å². The molecule has 0 aliphatic carbocycles. The SMILES string of the molecule is COC1(C(N)c2cnc(C(F)(F)F)s2)CCOCC1. The molecule has 0 bridgehead atoms. The summed E-state index contributed by atoms with van der Waals surface area (Å²) in [5.74, 6) is 0. The Morgan fingerprint density at radius 3 is 2.58 bits per heavy atom. The number of nitrogens with two attached hydrogens (primary N) is 1. The Morgan fingerprint density at radius 1 is 1.47 bits per heavy atom. The first kappa shape index (κ1) is 14.7. The average molecular weight is 296 g/mol. The Bertz CT molecular complexity index is 430. The number of ether oxygens (including phenoxy) is 2. The van der Waals surface area contributed by atoms with E-state index in [1.807, 2.05) is 0 Å². The lowest BCUT2D eigenvalue weighted by Crippen LogP contribution is -2.47. The molecule has 1 aliphatic rings. The number of halogens is 3. The lowest BCUT2D eigenvalue weighted by Gasteiger charge is -2.40. The summed E-state index contributed by atoms with van der Waals surface area (Å²) < 4.78 is 48.3. The summed E-state index contributed by atoms with van der Waals surface area (Å²) >= 11 is 0.574. The largest absolute Gasteiger partial charge is 0.443 e. The predicted octanol–water partition coefficient (Wildman–Crippen LogP) is 2.36. The van der Waals surface area contributed by atoms with E-state index in [0.717, 1.165) is 0 Å². The summed E-state index contributed by atoms with van der Waals surface area (Å²) in [4.78, 5) is 3.78. The number of thiazole rings is 1. The Morgan fingerprint density at radius 2 is 2.11 bits per heavy atom. The molecule has 1 fully saturated rings. The first-order chi connectivity index (χ1) is 8.89. The molecular weight excluding hydrogens is 281 g/mol. The smallest absolute Gasteiger partial charge is 0.381 e. The van der Waals surface area contributed by atoms with Crippen LogP contribution in [0.3, 0.4) is 0 Å². The quantitative estimate of drug-likeness (QED) is 0.930. The molecule has 0 spiro atoms. The van der Waals surface area contributed by atoms with Gasteiger partial charge in [0, 0.05) is 44.2 Å². The minimum Gasteiger partial charge on any atom is -0.381 e. The van der Waals surface area contributed by atoms with Gasteiger partial charge in [0.15, 0.2) is 5.01 Å². The molecule has 4 nitrogen and oxygen atoms in total. The van der Waals surface area contributed by atoms with Crippen LogP contribution in [0.25, 0.3) is 0 Å². The maximum absolute atomic E-state index is 12.5. The van der Waals surface area contributed by atoms with Gasteiger partial charge in [-0.3, -0.25) is 0 Å².